The van der Waals surface area contributed by atoms with Crippen LogP contribution in [0.25, 0.3) is 21.9 Å². The van der Waals surface area contributed by atoms with Gasteiger partial charge in [-0.2, -0.15) is 0 Å². The number of aromatic carboxylic acids is 1. The summed E-state index contributed by atoms with van der Waals surface area (Å²) in [7, 11) is -3.59. The maximum atomic E-state index is 12.9. The number of carboxylic acid groups (broad SMARTS) is 1. The van der Waals surface area contributed by atoms with Crippen LogP contribution in [0.15, 0.2) is 44.4 Å². The van der Waals surface area contributed by atoms with Crippen LogP contribution in [0.2, 0.25) is 0 Å². The van der Waals surface area contributed by atoms with E-state index >= 15 is 0 Å². The molecule has 0 saturated carbocycles. The maximum Gasteiger partial charge on any atom is 0.335 e. The van der Waals surface area contributed by atoms with Crippen LogP contribution in [-0.4, -0.2) is 32.4 Å². The van der Waals surface area contributed by atoms with Gasteiger partial charge in [-0.3, -0.25) is 4.79 Å². The largest absolute Gasteiger partial charge is 0.490 e. The third-order valence-electron chi connectivity index (χ3n) is 3.85. The molecule has 0 atom stereocenters. The molecule has 0 unspecified atom stereocenters. The lowest BCUT2D eigenvalue weighted by atomic mass is 10.1. The number of carbonyl (C=O) groups is 1. The minimum Gasteiger partial charge on any atom is -0.490 e. The number of fused-ring (bicyclic) bond motifs is 2. The van der Waals surface area contributed by atoms with Gasteiger partial charge in [0.2, 0.25) is 5.43 Å². The zero-order valence-corrected chi connectivity index (χ0v) is 14.9. The van der Waals surface area contributed by atoms with E-state index < -0.39 is 21.2 Å². The minimum absolute atomic E-state index is 0.0223. The van der Waals surface area contributed by atoms with E-state index in [1.807, 2.05) is 6.92 Å². The molecular weight excluding hydrogens is 360 g/mol. The maximum absolute atomic E-state index is 12.9. The second-order valence-electron chi connectivity index (χ2n) is 5.87. The Kier molecular flexibility index (Phi) is 4.45. The quantitative estimate of drug-likeness (QED) is 0.682. The third kappa shape index (κ3) is 3.15. The van der Waals surface area contributed by atoms with E-state index in [-0.39, 0.29) is 38.1 Å². The number of hydrogen-bond donors (Lipinski definition) is 1. The number of ether oxygens (including phenoxy) is 1. The van der Waals surface area contributed by atoms with Gasteiger partial charge in [0.25, 0.3) is 0 Å². The zero-order chi connectivity index (χ0) is 19.1. The molecule has 0 bridgehead atoms. The van der Waals surface area contributed by atoms with Crippen molar-refractivity contribution in [3.63, 3.8) is 0 Å². The van der Waals surface area contributed by atoms with Crippen molar-refractivity contribution < 1.29 is 27.5 Å². The zero-order valence-electron chi connectivity index (χ0n) is 14.1. The Morgan fingerprint density at radius 2 is 1.92 bits per heavy atom. The standard InChI is InChI=1S/C18H16O7S/c1-3-6-24-15-9-11(26(2,22)23)8-13-16(19)12-7-10(18(20)21)4-5-14(12)25-17(13)15/h4-5,7-9H,3,6H2,1-2H3,(H,20,21). The van der Waals surface area contributed by atoms with Crippen LogP contribution < -0.4 is 10.2 Å². The van der Waals surface area contributed by atoms with Crippen LogP contribution in [0.3, 0.4) is 0 Å². The average Bonchev–Trinajstić information content (AvgIpc) is 2.58. The molecular formula is C18H16O7S. The Bertz CT molecular complexity index is 1190. The molecule has 1 heterocycles. The molecule has 8 heteroatoms. The van der Waals surface area contributed by atoms with E-state index in [1.54, 1.807) is 0 Å². The molecule has 3 aromatic rings. The van der Waals surface area contributed by atoms with Crippen molar-refractivity contribution >= 4 is 37.7 Å². The first-order valence-electron chi connectivity index (χ1n) is 7.83. The van der Waals surface area contributed by atoms with Gasteiger partial charge in [0.1, 0.15) is 5.58 Å². The molecule has 2 aromatic carbocycles. The van der Waals surface area contributed by atoms with Crippen LogP contribution >= 0.6 is 0 Å². The van der Waals surface area contributed by atoms with Crippen molar-refractivity contribution in [2.24, 2.45) is 0 Å². The van der Waals surface area contributed by atoms with Gasteiger partial charge >= 0.3 is 5.97 Å². The minimum atomic E-state index is -3.59. The van der Waals surface area contributed by atoms with Crippen LogP contribution in [-0.2, 0) is 9.84 Å². The van der Waals surface area contributed by atoms with Crippen molar-refractivity contribution in [3.05, 3.63) is 46.1 Å². The SMILES string of the molecule is CCCOc1cc(S(C)(=O)=O)cc2c(=O)c3cc(C(=O)O)ccc3oc12. The molecule has 7 nitrogen and oxygen atoms in total. The van der Waals surface area contributed by atoms with E-state index in [2.05, 4.69) is 0 Å². The molecule has 136 valence electrons. The van der Waals surface area contributed by atoms with Crippen LogP contribution in [0.5, 0.6) is 5.75 Å². The Labute approximate surface area is 148 Å². The lowest BCUT2D eigenvalue weighted by Crippen LogP contribution is -2.08. The van der Waals surface area contributed by atoms with E-state index in [4.69, 9.17) is 14.3 Å². The van der Waals surface area contributed by atoms with E-state index in [0.29, 0.717) is 13.0 Å². The van der Waals surface area contributed by atoms with Gasteiger partial charge in [-0.25, -0.2) is 13.2 Å². The van der Waals surface area contributed by atoms with Crippen molar-refractivity contribution in [2.75, 3.05) is 12.9 Å². The summed E-state index contributed by atoms with van der Waals surface area (Å²) < 4.78 is 35.2. The van der Waals surface area contributed by atoms with Crippen molar-refractivity contribution in [3.8, 4) is 5.75 Å². The number of benzene rings is 2. The fourth-order valence-electron chi connectivity index (χ4n) is 2.57. The number of carboxylic acids is 1. The molecule has 1 N–H and O–H groups in total. The number of rotatable bonds is 5. The molecule has 0 aliphatic rings. The number of hydrogen-bond acceptors (Lipinski definition) is 6. The predicted molar refractivity (Wildman–Crippen MR) is 95.8 cm³/mol. The summed E-state index contributed by atoms with van der Waals surface area (Å²) in [5, 5.41) is 9.19. The van der Waals surface area contributed by atoms with Gasteiger partial charge in [-0.15, -0.1) is 0 Å². The van der Waals surface area contributed by atoms with Gasteiger partial charge in [0, 0.05) is 12.3 Å². The summed E-state index contributed by atoms with van der Waals surface area (Å²) in [5.41, 5.74) is -0.255. The molecule has 3 rings (SSSR count). The summed E-state index contributed by atoms with van der Waals surface area (Å²) in [6.07, 6.45) is 1.72. The highest BCUT2D eigenvalue weighted by atomic mass is 32.2. The van der Waals surface area contributed by atoms with Gasteiger partial charge < -0.3 is 14.3 Å². The summed E-state index contributed by atoms with van der Waals surface area (Å²) >= 11 is 0. The number of sulfone groups is 1. The first-order chi connectivity index (χ1) is 12.2. The highest BCUT2D eigenvalue weighted by Crippen LogP contribution is 2.31. The second kappa shape index (κ2) is 6.45. The molecule has 0 spiro atoms. The molecule has 0 aliphatic carbocycles. The summed E-state index contributed by atoms with van der Waals surface area (Å²) in [4.78, 5) is 23.9. The van der Waals surface area contributed by atoms with Gasteiger partial charge in [-0.05, 0) is 30.7 Å². The Hall–Kier alpha value is -2.87. The topological polar surface area (TPSA) is 111 Å². The smallest absolute Gasteiger partial charge is 0.335 e. The van der Waals surface area contributed by atoms with Crippen molar-refractivity contribution in [1.82, 2.24) is 0 Å². The third-order valence-corrected chi connectivity index (χ3v) is 4.94. The Morgan fingerprint density at radius 1 is 1.19 bits per heavy atom. The molecule has 26 heavy (non-hydrogen) atoms. The molecule has 0 amide bonds. The normalized spacial score (nSPS) is 11.8. The Balaban J connectivity index is 2.43. The summed E-state index contributed by atoms with van der Waals surface area (Å²) in [6, 6.07) is 6.49. The predicted octanol–water partition coefficient (Wildman–Crippen LogP) is 2.84. The lowest BCUT2D eigenvalue weighted by molar-refractivity contribution is 0.0697. The Morgan fingerprint density at radius 3 is 2.54 bits per heavy atom. The van der Waals surface area contributed by atoms with Crippen LogP contribution in [0.1, 0.15) is 23.7 Å². The molecule has 0 radical (unpaired) electrons. The van der Waals surface area contributed by atoms with E-state index in [1.165, 1.54) is 30.3 Å². The fraction of sp³-hybridized carbons (Fsp3) is 0.222. The highest BCUT2D eigenvalue weighted by Gasteiger charge is 2.19. The fourth-order valence-corrected chi connectivity index (χ4v) is 3.22. The first-order valence-corrected chi connectivity index (χ1v) is 9.72. The van der Waals surface area contributed by atoms with E-state index in [9.17, 15) is 18.0 Å². The molecule has 0 aliphatic heterocycles. The summed E-state index contributed by atoms with van der Waals surface area (Å²) in [6.45, 7) is 2.21. The molecule has 1 aromatic heterocycles. The van der Waals surface area contributed by atoms with Crippen LogP contribution in [0.4, 0.5) is 0 Å². The van der Waals surface area contributed by atoms with Gasteiger partial charge in [0.15, 0.2) is 21.2 Å². The second-order valence-corrected chi connectivity index (χ2v) is 7.88. The first kappa shape index (κ1) is 17.9. The highest BCUT2D eigenvalue weighted by molar-refractivity contribution is 7.90. The molecule has 0 fully saturated rings. The molecule has 0 saturated heterocycles. The lowest BCUT2D eigenvalue weighted by Gasteiger charge is -2.11. The van der Waals surface area contributed by atoms with Crippen molar-refractivity contribution in [2.45, 2.75) is 18.2 Å². The van der Waals surface area contributed by atoms with E-state index in [0.717, 1.165) is 6.26 Å². The van der Waals surface area contributed by atoms with Crippen LogP contribution in [0, 0.1) is 0 Å². The van der Waals surface area contributed by atoms with Gasteiger partial charge in [0.05, 0.1) is 27.8 Å². The average molecular weight is 376 g/mol. The monoisotopic (exact) mass is 376 g/mol. The summed E-state index contributed by atoms with van der Waals surface area (Å²) in [5.74, 6) is -1.02. The van der Waals surface area contributed by atoms with Crippen molar-refractivity contribution in [1.29, 1.82) is 0 Å². The van der Waals surface area contributed by atoms with Gasteiger partial charge in [-0.1, -0.05) is 6.92 Å².